The van der Waals surface area contributed by atoms with Crippen LogP contribution in [-0.4, -0.2) is 13.4 Å². The SMILES string of the molecule is O=S(=O)(Nc1cc(Br)cnc1Cl)c1cc(F)ccc1F. The summed E-state index contributed by atoms with van der Waals surface area (Å²) >= 11 is 8.83. The number of benzene rings is 1. The summed E-state index contributed by atoms with van der Waals surface area (Å²) in [5.74, 6) is -1.94. The van der Waals surface area contributed by atoms with E-state index in [-0.39, 0.29) is 10.8 Å². The molecule has 0 aliphatic carbocycles. The molecule has 0 spiro atoms. The van der Waals surface area contributed by atoms with Crippen molar-refractivity contribution < 1.29 is 17.2 Å². The minimum absolute atomic E-state index is 0.0512. The van der Waals surface area contributed by atoms with Gasteiger partial charge in [-0.1, -0.05) is 11.6 Å². The maximum atomic E-state index is 13.5. The van der Waals surface area contributed by atoms with Crippen molar-refractivity contribution in [3.8, 4) is 0 Å². The largest absolute Gasteiger partial charge is 0.276 e. The number of pyridine rings is 1. The number of sulfonamides is 1. The average molecular weight is 384 g/mol. The quantitative estimate of drug-likeness (QED) is 0.824. The zero-order chi connectivity index (χ0) is 14.9. The molecule has 106 valence electrons. The number of anilines is 1. The summed E-state index contributed by atoms with van der Waals surface area (Å²) in [6.07, 6.45) is 1.36. The lowest BCUT2D eigenvalue weighted by molar-refractivity contribution is 0.555. The summed E-state index contributed by atoms with van der Waals surface area (Å²) in [5, 5.41) is -0.117. The minimum atomic E-state index is -4.32. The summed E-state index contributed by atoms with van der Waals surface area (Å²) in [6, 6.07) is 3.48. The third-order valence-corrected chi connectivity index (χ3v) is 4.35. The molecule has 0 atom stereocenters. The van der Waals surface area contributed by atoms with Gasteiger partial charge in [-0.25, -0.2) is 22.2 Å². The highest BCUT2D eigenvalue weighted by Gasteiger charge is 2.21. The van der Waals surface area contributed by atoms with E-state index < -0.39 is 26.6 Å². The van der Waals surface area contributed by atoms with Crippen LogP contribution in [0.3, 0.4) is 0 Å². The van der Waals surface area contributed by atoms with E-state index in [9.17, 15) is 17.2 Å². The minimum Gasteiger partial charge on any atom is -0.276 e. The van der Waals surface area contributed by atoms with E-state index in [0.29, 0.717) is 10.5 Å². The second kappa shape index (κ2) is 5.63. The van der Waals surface area contributed by atoms with Crippen LogP contribution >= 0.6 is 27.5 Å². The van der Waals surface area contributed by atoms with Crippen LogP contribution in [0.2, 0.25) is 5.15 Å². The molecule has 0 bridgehead atoms. The first-order chi connectivity index (χ1) is 9.29. The standard InChI is InChI=1S/C11H6BrClF2N2O2S/c12-6-3-9(11(13)16-5-6)17-20(18,19)10-4-7(14)1-2-8(10)15/h1-5,17H. The van der Waals surface area contributed by atoms with Gasteiger partial charge in [0, 0.05) is 10.7 Å². The summed E-state index contributed by atoms with van der Waals surface area (Å²) in [7, 11) is -4.32. The fourth-order valence-corrected chi connectivity index (χ4v) is 3.06. The molecule has 0 unspecified atom stereocenters. The van der Waals surface area contributed by atoms with Crippen molar-refractivity contribution in [3.63, 3.8) is 0 Å². The Morgan fingerprint density at radius 3 is 2.65 bits per heavy atom. The molecular formula is C11H6BrClF2N2O2S. The lowest BCUT2D eigenvalue weighted by Crippen LogP contribution is -2.15. The van der Waals surface area contributed by atoms with Gasteiger partial charge in [0.1, 0.15) is 16.5 Å². The molecule has 1 N–H and O–H groups in total. The van der Waals surface area contributed by atoms with E-state index in [1.807, 2.05) is 0 Å². The molecule has 1 aromatic carbocycles. The van der Waals surface area contributed by atoms with Crippen LogP contribution in [0.4, 0.5) is 14.5 Å². The normalized spacial score (nSPS) is 11.4. The van der Waals surface area contributed by atoms with Gasteiger partial charge in [0.15, 0.2) is 5.15 Å². The Balaban J connectivity index is 2.46. The van der Waals surface area contributed by atoms with Gasteiger partial charge in [0.2, 0.25) is 0 Å². The molecule has 0 saturated carbocycles. The highest BCUT2D eigenvalue weighted by molar-refractivity contribution is 9.10. The van der Waals surface area contributed by atoms with E-state index in [1.165, 1.54) is 12.3 Å². The van der Waals surface area contributed by atoms with Crippen LogP contribution in [0.1, 0.15) is 0 Å². The molecule has 0 radical (unpaired) electrons. The maximum absolute atomic E-state index is 13.5. The van der Waals surface area contributed by atoms with Gasteiger partial charge in [-0.05, 0) is 40.2 Å². The molecule has 1 heterocycles. The molecule has 0 saturated heterocycles. The Bertz CT molecular complexity index is 771. The van der Waals surface area contributed by atoms with Crippen molar-refractivity contribution in [2.24, 2.45) is 0 Å². The third kappa shape index (κ3) is 3.25. The Morgan fingerprint density at radius 2 is 1.95 bits per heavy atom. The Kier molecular flexibility index (Phi) is 4.26. The van der Waals surface area contributed by atoms with Gasteiger partial charge in [-0.15, -0.1) is 0 Å². The van der Waals surface area contributed by atoms with Gasteiger partial charge in [0.05, 0.1) is 5.69 Å². The molecule has 2 rings (SSSR count). The highest BCUT2D eigenvalue weighted by Crippen LogP contribution is 2.26. The Labute approximate surface area is 127 Å². The number of hydrogen-bond acceptors (Lipinski definition) is 3. The predicted molar refractivity (Wildman–Crippen MR) is 74.1 cm³/mol. The first-order valence-corrected chi connectivity index (χ1v) is 7.74. The van der Waals surface area contributed by atoms with Crippen LogP contribution in [-0.2, 0) is 10.0 Å². The molecular weight excluding hydrogens is 378 g/mol. The van der Waals surface area contributed by atoms with Gasteiger partial charge >= 0.3 is 0 Å². The first-order valence-electron chi connectivity index (χ1n) is 5.08. The number of rotatable bonds is 3. The summed E-state index contributed by atoms with van der Waals surface area (Å²) in [6.45, 7) is 0. The van der Waals surface area contributed by atoms with Gasteiger partial charge < -0.3 is 0 Å². The first kappa shape index (κ1) is 15.1. The van der Waals surface area contributed by atoms with Crippen molar-refractivity contribution in [2.45, 2.75) is 4.90 Å². The van der Waals surface area contributed by atoms with Crippen LogP contribution in [0.15, 0.2) is 39.8 Å². The highest BCUT2D eigenvalue weighted by atomic mass is 79.9. The second-order valence-corrected chi connectivity index (χ2v) is 6.60. The summed E-state index contributed by atoms with van der Waals surface area (Å²) in [5.41, 5.74) is -0.0512. The van der Waals surface area contributed by atoms with Crippen molar-refractivity contribution in [2.75, 3.05) is 4.72 Å². The molecule has 9 heteroatoms. The number of aromatic nitrogens is 1. The smallest absolute Gasteiger partial charge is 0.265 e. The molecule has 0 amide bonds. The fraction of sp³-hybridized carbons (Fsp3) is 0. The number of hydrogen-bond donors (Lipinski definition) is 1. The fourth-order valence-electron chi connectivity index (χ4n) is 1.38. The van der Waals surface area contributed by atoms with E-state index in [0.717, 1.165) is 12.1 Å². The van der Waals surface area contributed by atoms with Crippen LogP contribution in [0, 0.1) is 11.6 Å². The third-order valence-electron chi connectivity index (χ3n) is 2.23. The van der Waals surface area contributed by atoms with Gasteiger partial charge in [0.25, 0.3) is 10.0 Å². The molecule has 4 nitrogen and oxygen atoms in total. The van der Waals surface area contributed by atoms with Gasteiger partial charge in [-0.2, -0.15) is 0 Å². The molecule has 1 aromatic heterocycles. The zero-order valence-corrected chi connectivity index (χ0v) is 12.7. The summed E-state index contributed by atoms with van der Waals surface area (Å²) < 4.78 is 53.1. The van der Waals surface area contributed by atoms with E-state index in [4.69, 9.17) is 11.6 Å². The maximum Gasteiger partial charge on any atom is 0.265 e. The monoisotopic (exact) mass is 382 g/mol. The number of nitrogens with zero attached hydrogens (tertiary/aromatic N) is 1. The van der Waals surface area contributed by atoms with Crippen LogP contribution < -0.4 is 4.72 Å². The summed E-state index contributed by atoms with van der Waals surface area (Å²) in [4.78, 5) is 2.91. The second-order valence-electron chi connectivity index (χ2n) is 3.67. The molecule has 0 fully saturated rings. The van der Waals surface area contributed by atoms with Crippen LogP contribution in [0.5, 0.6) is 0 Å². The van der Waals surface area contributed by atoms with Crippen LogP contribution in [0.25, 0.3) is 0 Å². The molecule has 20 heavy (non-hydrogen) atoms. The molecule has 2 aromatic rings. The average Bonchev–Trinajstić information content (AvgIpc) is 2.36. The van der Waals surface area contributed by atoms with Gasteiger partial charge in [-0.3, -0.25) is 4.72 Å². The van der Waals surface area contributed by atoms with Crippen molar-refractivity contribution >= 4 is 43.2 Å². The molecule has 0 aliphatic heterocycles. The molecule has 0 aliphatic rings. The van der Waals surface area contributed by atoms with E-state index >= 15 is 0 Å². The van der Waals surface area contributed by atoms with Crippen molar-refractivity contribution in [3.05, 3.63) is 51.7 Å². The Hall–Kier alpha value is -1.25. The number of halogens is 4. The van der Waals surface area contributed by atoms with E-state index in [2.05, 4.69) is 25.6 Å². The lowest BCUT2D eigenvalue weighted by atomic mass is 10.3. The topological polar surface area (TPSA) is 59.1 Å². The van der Waals surface area contributed by atoms with E-state index in [1.54, 1.807) is 0 Å². The lowest BCUT2D eigenvalue weighted by Gasteiger charge is -2.10. The van der Waals surface area contributed by atoms with Crippen molar-refractivity contribution in [1.29, 1.82) is 0 Å². The zero-order valence-electron chi connectivity index (χ0n) is 9.57. The number of nitrogens with one attached hydrogen (secondary N) is 1. The Morgan fingerprint density at radius 1 is 1.25 bits per heavy atom. The van der Waals surface area contributed by atoms with Crippen molar-refractivity contribution in [1.82, 2.24) is 4.98 Å². The predicted octanol–water partition coefficient (Wildman–Crippen LogP) is 3.58.